The van der Waals surface area contributed by atoms with E-state index in [0.717, 1.165) is 5.56 Å². The lowest BCUT2D eigenvalue weighted by Gasteiger charge is -2.40. The third-order valence-electron chi connectivity index (χ3n) is 4.21. The largest absolute Gasteiger partial charge is 0.390 e. The molecule has 5 heteroatoms. The summed E-state index contributed by atoms with van der Waals surface area (Å²) in [7, 11) is 0. The summed E-state index contributed by atoms with van der Waals surface area (Å²) in [5, 5.41) is 10.7. The van der Waals surface area contributed by atoms with E-state index in [4.69, 9.17) is 9.47 Å². The van der Waals surface area contributed by atoms with Crippen molar-refractivity contribution in [3.63, 3.8) is 0 Å². The Morgan fingerprint density at radius 1 is 1.10 bits per heavy atom. The summed E-state index contributed by atoms with van der Waals surface area (Å²) in [6, 6.07) is 4.76. The molecule has 1 aromatic carbocycles. The molecule has 1 aromatic rings. The van der Waals surface area contributed by atoms with Crippen molar-refractivity contribution in [1.82, 2.24) is 0 Å². The zero-order valence-corrected chi connectivity index (χ0v) is 12.8. The maximum absolute atomic E-state index is 13.4. The van der Waals surface area contributed by atoms with Gasteiger partial charge in [-0.2, -0.15) is 0 Å². The lowest BCUT2D eigenvalue weighted by Crippen LogP contribution is -2.44. The molecule has 3 rings (SSSR count). The zero-order valence-electron chi connectivity index (χ0n) is 11.2. The summed E-state index contributed by atoms with van der Waals surface area (Å²) in [5.74, 6) is -0.762. The molecule has 2 aliphatic rings. The number of hydrogen-bond acceptors (Lipinski definition) is 3. The topological polar surface area (TPSA) is 38.7 Å². The maximum Gasteiger partial charge on any atom is 0.168 e. The highest BCUT2D eigenvalue weighted by Gasteiger charge is 2.45. The van der Waals surface area contributed by atoms with Crippen LogP contribution in [0.5, 0.6) is 0 Å². The molecule has 0 amide bonds. The van der Waals surface area contributed by atoms with Crippen LogP contribution in [-0.4, -0.2) is 29.7 Å². The van der Waals surface area contributed by atoms with Gasteiger partial charge in [-0.15, -0.1) is 0 Å². The average molecular weight is 345 g/mol. The highest BCUT2D eigenvalue weighted by molar-refractivity contribution is 9.10. The molecule has 1 saturated heterocycles. The fourth-order valence-electron chi connectivity index (χ4n) is 3.15. The predicted octanol–water partition coefficient (Wildman–Crippen LogP) is 3.18. The summed E-state index contributed by atoms with van der Waals surface area (Å²) in [4.78, 5) is 0. The van der Waals surface area contributed by atoms with Crippen molar-refractivity contribution in [2.45, 2.75) is 43.5 Å². The molecule has 2 fully saturated rings. The minimum Gasteiger partial charge on any atom is -0.390 e. The highest BCUT2D eigenvalue weighted by atomic mass is 79.9. The highest BCUT2D eigenvalue weighted by Crippen LogP contribution is 2.41. The second-order valence-electron chi connectivity index (χ2n) is 5.79. The quantitative estimate of drug-likeness (QED) is 0.895. The van der Waals surface area contributed by atoms with Gasteiger partial charge in [-0.1, -0.05) is 15.9 Å². The molecule has 1 aliphatic carbocycles. The van der Waals surface area contributed by atoms with Crippen LogP contribution in [0.3, 0.4) is 0 Å². The first-order chi connectivity index (χ1) is 9.49. The summed E-state index contributed by atoms with van der Waals surface area (Å²) in [5.41, 5.74) is 0.0110. The van der Waals surface area contributed by atoms with Gasteiger partial charge in [0.25, 0.3) is 0 Å². The van der Waals surface area contributed by atoms with Crippen molar-refractivity contribution < 1.29 is 19.0 Å². The first-order valence-electron chi connectivity index (χ1n) is 6.94. The fourth-order valence-corrected chi connectivity index (χ4v) is 3.66. The molecular formula is C15H18BrFO3. The van der Waals surface area contributed by atoms with Crippen LogP contribution in [0, 0.1) is 5.82 Å². The van der Waals surface area contributed by atoms with Gasteiger partial charge in [-0.3, -0.25) is 0 Å². The molecule has 110 valence electrons. The second kappa shape index (κ2) is 5.37. The second-order valence-corrected chi connectivity index (χ2v) is 6.70. The molecule has 0 bridgehead atoms. The number of hydrogen-bond donors (Lipinski definition) is 1. The van der Waals surface area contributed by atoms with E-state index < -0.39 is 11.4 Å². The van der Waals surface area contributed by atoms with Crippen LogP contribution < -0.4 is 0 Å². The first kappa shape index (κ1) is 14.4. The minimum absolute atomic E-state index is 0.285. The first-order valence-corrected chi connectivity index (χ1v) is 7.73. The smallest absolute Gasteiger partial charge is 0.168 e. The normalized spacial score (nSPS) is 24.1. The summed E-state index contributed by atoms with van der Waals surface area (Å²) in [6.45, 7) is 1.27. The number of rotatable bonds is 2. The molecule has 0 aromatic heterocycles. The third-order valence-corrected chi connectivity index (χ3v) is 4.67. The Labute approximate surface area is 126 Å². The molecule has 1 heterocycles. The van der Waals surface area contributed by atoms with Crippen LogP contribution in [0.15, 0.2) is 22.7 Å². The van der Waals surface area contributed by atoms with Crippen molar-refractivity contribution in [2.75, 3.05) is 13.2 Å². The lowest BCUT2D eigenvalue weighted by atomic mass is 9.78. The summed E-state index contributed by atoms with van der Waals surface area (Å²) in [6.07, 6.45) is 3.07. The van der Waals surface area contributed by atoms with Crippen LogP contribution in [-0.2, 0) is 15.9 Å². The summed E-state index contributed by atoms with van der Waals surface area (Å²) >= 11 is 3.28. The van der Waals surface area contributed by atoms with Crippen molar-refractivity contribution in [1.29, 1.82) is 0 Å². The Hall–Kier alpha value is -0.490. The minimum atomic E-state index is -0.798. The van der Waals surface area contributed by atoms with Gasteiger partial charge in [0.15, 0.2) is 5.79 Å². The van der Waals surface area contributed by atoms with Gasteiger partial charge < -0.3 is 14.6 Å². The van der Waals surface area contributed by atoms with E-state index in [0.29, 0.717) is 49.8 Å². The van der Waals surface area contributed by atoms with Gasteiger partial charge in [0.05, 0.1) is 18.8 Å². The monoisotopic (exact) mass is 344 g/mol. The van der Waals surface area contributed by atoms with Gasteiger partial charge in [0, 0.05) is 23.7 Å². The molecule has 1 saturated carbocycles. The van der Waals surface area contributed by atoms with E-state index in [-0.39, 0.29) is 5.82 Å². The van der Waals surface area contributed by atoms with E-state index in [1.807, 2.05) is 6.07 Å². The average Bonchev–Trinajstić information content (AvgIpc) is 2.81. The van der Waals surface area contributed by atoms with E-state index in [9.17, 15) is 9.50 Å². The van der Waals surface area contributed by atoms with Crippen LogP contribution in [0.1, 0.15) is 31.2 Å². The third kappa shape index (κ3) is 3.06. The van der Waals surface area contributed by atoms with E-state index in [1.54, 1.807) is 0 Å². The summed E-state index contributed by atoms with van der Waals surface area (Å²) < 4.78 is 25.4. The number of halogens is 2. The Balaban J connectivity index is 1.68. The number of aliphatic hydroxyl groups is 1. The van der Waals surface area contributed by atoms with Crippen LogP contribution in [0.25, 0.3) is 0 Å². The molecule has 1 N–H and O–H groups in total. The Kier molecular flexibility index (Phi) is 3.88. The van der Waals surface area contributed by atoms with Crippen LogP contribution in [0.4, 0.5) is 4.39 Å². The van der Waals surface area contributed by atoms with Gasteiger partial charge >= 0.3 is 0 Å². The Bertz CT molecular complexity index is 470. The number of benzene rings is 1. The molecule has 0 radical (unpaired) electrons. The zero-order chi connectivity index (χ0) is 14.2. The van der Waals surface area contributed by atoms with Gasteiger partial charge in [-0.05, 0) is 36.6 Å². The SMILES string of the molecule is OC1(Cc2cc(F)cc(Br)c2)CCC2(CC1)OCCO2. The van der Waals surface area contributed by atoms with Crippen molar-refractivity contribution in [3.8, 4) is 0 Å². The van der Waals surface area contributed by atoms with Gasteiger partial charge in [0.1, 0.15) is 5.82 Å². The molecule has 1 aliphatic heterocycles. The number of ether oxygens (including phenoxy) is 2. The molecule has 20 heavy (non-hydrogen) atoms. The van der Waals surface area contributed by atoms with Crippen LogP contribution in [0.2, 0.25) is 0 Å². The van der Waals surface area contributed by atoms with Crippen molar-refractivity contribution in [3.05, 3.63) is 34.1 Å². The fraction of sp³-hybridized carbons (Fsp3) is 0.600. The van der Waals surface area contributed by atoms with E-state index in [1.165, 1.54) is 12.1 Å². The van der Waals surface area contributed by atoms with E-state index in [2.05, 4.69) is 15.9 Å². The molecule has 0 unspecified atom stereocenters. The molecule has 3 nitrogen and oxygen atoms in total. The maximum atomic E-state index is 13.4. The lowest BCUT2D eigenvalue weighted by molar-refractivity contribution is -0.202. The van der Waals surface area contributed by atoms with Crippen molar-refractivity contribution in [2.24, 2.45) is 0 Å². The predicted molar refractivity (Wildman–Crippen MR) is 75.9 cm³/mol. The van der Waals surface area contributed by atoms with Gasteiger partial charge in [-0.25, -0.2) is 4.39 Å². The van der Waals surface area contributed by atoms with Gasteiger partial charge in [0.2, 0.25) is 0 Å². The molecule has 0 atom stereocenters. The standard InChI is InChI=1S/C15H18BrFO3/c16-12-7-11(8-13(17)9-12)10-14(18)1-3-15(4-2-14)19-5-6-20-15/h7-9,18H,1-6,10H2. The van der Waals surface area contributed by atoms with E-state index >= 15 is 0 Å². The van der Waals surface area contributed by atoms with Crippen LogP contribution >= 0.6 is 15.9 Å². The molecular weight excluding hydrogens is 327 g/mol. The molecule has 1 spiro atoms. The Morgan fingerprint density at radius 3 is 2.35 bits per heavy atom. The van der Waals surface area contributed by atoms with Crippen molar-refractivity contribution >= 4 is 15.9 Å². The Morgan fingerprint density at radius 2 is 1.75 bits per heavy atom.